The summed E-state index contributed by atoms with van der Waals surface area (Å²) in [5, 5.41) is 10.6. The highest BCUT2D eigenvalue weighted by atomic mass is 19.4. The Morgan fingerprint density at radius 1 is 1.05 bits per heavy atom. The van der Waals surface area contributed by atoms with E-state index in [0.29, 0.717) is 6.54 Å². The third-order valence-corrected chi connectivity index (χ3v) is 2.92. The standard InChI is InChI=1S/C12H16F3N5/c1-8-9(6-19(2)17-8)4-16-5-10-7-20(3)18-11(10)12(13,14)15/h6-7,16H,4-5H2,1-3H3. The maximum Gasteiger partial charge on any atom is 0.435 e. The number of alkyl halides is 3. The number of hydrogen-bond donors (Lipinski definition) is 1. The number of aryl methyl sites for hydroxylation is 3. The zero-order chi connectivity index (χ0) is 14.9. The lowest BCUT2D eigenvalue weighted by Gasteiger charge is -2.07. The summed E-state index contributed by atoms with van der Waals surface area (Å²) in [7, 11) is 3.28. The summed E-state index contributed by atoms with van der Waals surface area (Å²) in [5.41, 5.74) is 1.13. The van der Waals surface area contributed by atoms with Crippen molar-refractivity contribution in [2.45, 2.75) is 26.2 Å². The third-order valence-electron chi connectivity index (χ3n) is 2.92. The summed E-state index contributed by atoms with van der Waals surface area (Å²) in [6.07, 6.45) is -1.20. The molecule has 0 aliphatic rings. The number of nitrogens with zero attached hydrogens (tertiary/aromatic N) is 4. The fourth-order valence-corrected chi connectivity index (χ4v) is 2.06. The lowest BCUT2D eigenvalue weighted by atomic mass is 10.2. The van der Waals surface area contributed by atoms with E-state index in [1.54, 1.807) is 11.7 Å². The molecule has 0 amide bonds. The Bertz CT molecular complexity index is 597. The smallest absolute Gasteiger partial charge is 0.308 e. The Morgan fingerprint density at radius 2 is 1.60 bits per heavy atom. The normalized spacial score (nSPS) is 12.1. The predicted molar refractivity (Wildman–Crippen MR) is 66.7 cm³/mol. The number of halogens is 3. The van der Waals surface area contributed by atoms with E-state index >= 15 is 0 Å². The van der Waals surface area contributed by atoms with Crippen molar-refractivity contribution in [2.75, 3.05) is 0 Å². The van der Waals surface area contributed by atoms with Gasteiger partial charge in [-0.25, -0.2) is 0 Å². The number of aromatic nitrogens is 4. The second-order valence-corrected chi connectivity index (χ2v) is 4.69. The van der Waals surface area contributed by atoms with Gasteiger partial charge in [-0.3, -0.25) is 9.36 Å². The van der Waals surface area contributed by atoms with Crippen molar-refractivity contribution in [1.29, 1.82) is 0 Å². The third kappa shape index (κ3) is 3.19. The largest absolute Gasteiger partial charge is 0.435 e. The van der Waals surface area contributed by atoms with Crippen LogP contribution in [0.2, 0.25) is 0 Å². The molecule has 20 heavy (non-hydrogen) atoms. The first kappa shape index (κ1) is 14.6. The van der Waals surface area contributed by atoms with E-state index in [0.717, 1.165) is 11.3 Å². The Kier molecular flexibility index (Phi) is 3.85. The average Bonchev–Trinajstić information content (AvgIpc) is 2.82. The van der Waals surface area contributed by atoms with Crippen LogP contribution in [0.4, 0.5) is 13.2 Å². The van der Waals surface area contributed by atoms with Gasteiger partial charge < -0.3 is 5.32 Å². The molecule has 5 nitrogen and oxygen atoms in total. The second-order valence-electron chi connectivity index (χ2n) is 4.69. The van der Waals surface area contributed by atoms with Gasteiger partial charge in [-0.05, 0) is 6.92 Å². The molecule has 0 saturated heterocycles. The van der Waals surface area contributed by atoms with Gasteiger partial charge in [-0.1, -0.05) is 0 Å². The van der Waals surface area contributed by atoms with E-state index < -0.39 is 11.9 Å². The quantitative estimate of drug-likeness (QED) is 0.932. The van der Waals surface area contributed by atoms with Crippen LogP contribution in [0.25, 0.3) is 0 Å². The molecular weight excluding hydrogens is 271 g/mol. The fourth-order valence-electron chi connectivity index (χ4n) is 2.06. The van der Waals surface area contributed by atoms with Gasteiger partial charge in [0.15, 0.2) is 5.69 Å². The fraction of sp³-hybridized carbons (Fsp3) is 0.500. The molecular formula is C12H16F3N5. The molecule has 110 valence electrons. The first-order valence-electron chi connectivity index (χ1n) is 6.07. The lowest BCUT2D eigenvalue weighted by molar-refractivity contribution is -0.142. The van der Waals surface area contributed by atoms with Crippen LogP contribution in [-0.4, -0.2) is 19.6 Å². The summed E-state index contributed by atoms with van der Waals surface area (Å²) >= 11 is 0. The minimum absolute atomic E-state index is 0.108. The molecule has 0 spiro atoms. The van der Waals surface area contributed by atoms with Crippen molar-refractivity contribution in [1.82, 2.24) is 24.9 Å². The molecule has 2 aromatic heterocycles. The summed E-state index contributed by atoms with van der Waals surface area (Å²) in [4.78, 5) is 0. The zero-order valence-electron chi connectivity index (χ0n) is 11.5. The van der Waals surface area contributed by atoms with E-state index in [4.69, 9.17) is 0 Å². The van der Waals surface area contributed by atoms with Crippen molar-refractivity contribution in [3.8, 4) is 0 Å². The molecule has 0 aliphatic carbocycles. The predicted octanol–water partition coefficient (Wildman–Crippen LogP) is 1.77. The Morgan fingerprint density at radius 3 is 2.15 bits per heavy atom. The first-order chi connectivity index (χ1) is 9.27. The van der Waals surface area contributed by atoms with E-state index in [1.165, 1.54) is 17.9 Å². The van der Waals surface area contributed by atoms with Crippen molar-refractivity contribution in [2.24, 2.45) is 14.1 Å². The summed E-state index contributed by atoms with van der Waals surface area (Å²) < 4.78 is 41.1. The van der Waals surface area contributed by atoms with Gasteiger partial charge in [0.05, 0.1) is 5.69 Å². The van der Waals surface area contributed by atoms with Gasteiger partial charge in [0.1, 0.15) is 0 Å². The van der Waals surface area contributed by atoms with Crippen LogP contribution in [0, 0.1) is 6.92 Å². The van der Waals surface area contributed by atoms with Crippen LogP contribution in [0.3, 0.4) is 0 Å². The number of nitrogens with one attached hydrogen (secondary N) is 1. The monoisotopic (exact) mass is 287 g/mol. The molecule has 0 aromatic carbocycles. The van der Waals surface area contributed by atoms with Gasteiger partial charge in [0.2, 0.25) is 0 Å². The zero-order valence-corrected chi connectivity index (χ0v) is 11.5. The topological polar surface area (TPSA) is 47.7 Å². The minimum atomic E-state index is -4.43. The summed E-state index contributed by atoms with van der Waals surface area (Å²) in [6.45, 7) is 2.44. The highest BCUT2D eigenvalue weighted by Crippen LogP contribution is 2.30. The number of rotatable bonds is 4. The molecule has 2 heterocycles. The van der Waals surface area contributed by atoms with E-state index in [2.05, 4.69) is 15.5 Å². The van der Waals surface area contributed by atoms with Gasteiger partial charge in [0.25, 0.3) is 0 Å². The Labute approximate surface area is 114 Å². The molecule has 0 unspecified atom stereocenters. The van der Waals surface area contributed by atoms with Gasteiger partial charge in [-0.15, -0.1) is 0 Å². The molecule has 0 radical (unpaired) electrons. The average molecular weight is 287 g/mol. The molecule has 0 aliphatic heterocycles. The van der Waals surface area contributed by atoms with Gasteiger partial charge >= 0.3 is 6.18 Å². The SMILES string of the molecule is Cc1nn(C)cc1CNCc1cn(C)nc1C(F)(F)F. The molecule has 8 heteroatoms. The maximum atomic E-state index is 12.8. The van der Waals surface area contributed by atoms with E-state index in [1.807, 2.05) is 13.1 Å². The maximum absolute atomic E-state index is 12.8. The molecule has 0 saturated carbocycles. The van der Waals surface area contributed by atoms with E-state index in [9.17, 15) is 13.2 Å². The molecule has 2 aromatic rings. The highest BCUT2D eigenvalue weighted by molar-refractivity contribution is 5.20. The molecule has 2 rings (SSSR count). The van der Waals surface area contributed by atoms with Crippen LogP contribution < -0.4 is 5.32 Å². The Balaban J connectivity index is 2.03. The van der Waals surface area contributed by atoms with E-state index in [-0.39, 0.29) is 12.1 Å². The minimum Gasteiger partial charge on any atom is -0.308 e. The van der Waals surface area contributed by atoms with Crippen molar-refractivity contribution in [3.05, 3.63) is 34.9 Å². The number of hydrogen-bond acceptors (Lipinski definition) is 3. The molecule has 1 N–H and O–H groups in total. The lowest BCUT2D eigenvalue weighted by Crippen LogP contribution is -2.16. The Hall–Kier alpha value is -1.83. The van der Waals surface area contributed by atoms with Gasteiger partial charge in [-0.2, -0.15) is 23.4 Å². The second kappa shape index (κ2) is 5.28. The molecule has 0 bridgehead atoms. The molecule has 0 fully saturated rings. The van der Waals surface area contributed by atoms with Crippen LogP contribution in [0.15, 0.2) is 12.4 Å². The highest BCUT2D eigenvalue weighted by Gasteiger charge is 2.36. The van der Waals surface area contributed by atoms with Crippen molar-refractivity contribution in [3.63, 3.8) is 0 Å². The van der Waals surface area contributed by atoms with Crippen LogP contribution in [0.5, 0.6) is 0 Å². The van der Waals surface area contributed by atoms with Gasteiger partial charge in [0, 0.05) is 50.7 Å². The van der Waals surface area contributed by atoms with Crippen LogP contribution in [0.1, 0.15) is 22.5 Å². The first-order valence-corrected chi connectivity index (χ1v) is 6.07. The summed E-state index contributed by atoms with van der Waals surface area (Å²) in [5.74, 6) is 0. The summed E-state index contributed by atoms with van der Waals surface area (Å²) in [6, 6.07) is 0. The van der Waals surface area contributed by atoms with Crippen LogP contribution >= 0.6 is 0 Å². The van der Waals surface area contributed by atoms with Crippen molar-refractivity contribution < 1.29 is 13.2 Å². The van der Waals surface area contributed by atoms with Crippen LogP contribution in [-0.2, 0) is 33.4 Å². The molecule has 0 atom stereocenters. The van der Waals surface area contributed by atoms with Crippen molar-refractivity contribution >= 4 is 0 Å².